The van der Waals surface area contributed by atoms with Gasteiger partial charge in [0.1, 0.15) is 5.78 Å². The fraction of sp³-hybridized carbons (Fsp3) is 0.280. The first-order valence-corrected chi connectivity index (χ1v) is 10.5. The molecule has 2 aliphatic rings. The first-order chi connectivity index (χ1) is 14.5. The summed E-state index contributed by atoms with van der Waals surface area (Å²) >= 11 is 6.38. The molecule has 30 heavy (non-hydrogen) atoms. The zero-order valence-corrected chi connectivity index (χ0v) is 17.8. The molecule has 5 rings (SSSR count). The van der Waals surface area contributed by atoms with E-state index in [-0.39, 0.29) is 12.6 Å². The number of halogens is 1. The van der Waals surface area contributed by atoms with E-state index < -0.39 is 5.41 Å². The number of fused-ring (bicyclic) bond motifs is 1. The summed E-state index contributed by atoms with van der Waals surface area (Å²) in [4.78, 5) is 18.0. The molecule has 0 radical (unpaired) electrons. The minimum absolute atomic E-state index is 0.210. The summed E-state index contributed by atoms with van der Waals surface area (Å²) in [6.45, 7) is 4.33. The highest BCUT2D eigenvalue weighted by Gasteiger charge is 2.51. The highest BCUT2D eigenvalue weighted by Crippen LogP contribution is 2.51. The number of hydrogen-bond donors (Lipinski definition) is 0. The molecule has 0 spiro atoms. The number of aromatic nitrogens is 1. The molecule has 1 fully saturated rings. The van der Waals surface area contributed by atoms with Crippen molar-refractivity contribution >= 4 is 17.4 Å². The van der Waals surface area contributed by atoms with E-state index in [1.807, 2.05) is 55.6 Å². The van der Waals surface area contributed by atoms with Crippen molar-refractivity contribution in [3.8, 4) is 22.6 Å². The maximum atomic E-state index is 13.3. The first-order valence-electron chi connectivity index (χ1n) is 10.1. The van der Waals surface area contributed by atoms with Crippen LogP contribution < -0.4 is 9.47 Å². The van der Waals surface area contributed by atoms with Crippen LogP contribution in [0.25, 0.3) is 11.1 Å². The van der Waals surface area contributed by atoms with E-state index in [4.69, 9.17) is 21.1 Å². The molecule has 2 aromatic carbocycles. The van der Waals surface area contributed by atoms with Crippen LogP contribution in [0.1, 0.15) is 35.2 Å². The third-order valence-corrected chi connectivity index (χ3v) is 6.78. The van der Waals surface area contributed by atoms with Crippen LogP contribution in [-0.4, -0.2) is 17.6 Å². The number of pyridine rings is 1. The van der Waals surface area contributed by atoms with Crippen LogP contribution in [0, 0.1) is 13.8 Å². The summed E-state index contributed by atoms with van der Waals surface area (Å²) in [5.41, 5.74) is 5.54. The van der Waals surface area contributed by atoms with E-state index in [1.165, 1.54) is 0 Å². The van der Waals surface area contributed by atoms with E-state index in [9.17, 15) is 4.79 Å². The minimum atomic E-state index is -0.426. The van der Waals surface area contributed by atoms with Gasteiger partial charge in [-0.3, -0.25) is 9.78 Å². The fourth-order valence-electron chi connectivity index (χ4n) is 4.25. The van der Waals surface area contributed by atoms with Crippen LogP contribution in [-0.2, 0) is 16.6 Å². The number of nitrogens with zero attached hydrogens (tertiary/aromatic N) is 1. The van der Waals surface area contributed by atoms with Crippen molar-refractivity contribution in [1.82, 2.24) is 4.98 Å². The van der Waals surface area contributed by atoms with E-state index in [0.717, 1.165) is 57.9 Å². The molecule has 0 saturated heterocycles. The van der Waals surface area contributed by atoms with Crippen LogP contribution >= 0.6 is 11.6 Å². The van der Waals surface area contributed by atoms with Crippen LogP contribution in [0.15, 0.2) is 48.7 Å². The molecule has 1 aliphatic carbocycles. The van der Waals surface area contributed by atoms with Crippen molar-refractivity contribution < 1.29 is 14.3 Å². The van der Waals surface area contributed by atoms with Crippen molar-refractivity contribution in [2.75, 3.05) is 6.79 Å². The second kappa shape index (κ2) is 7.13. The van der Waals surface area contributed by atoms with Gasteiger partial charge in [-0.05, 0) is 61.6 Å². The number of benzene rings is 2. The Balaban J connectivity index is 1.43. The Labute approximate surface area is 180 Å². The van der Waals surface area contributed by atoms with Crippen molar-refractivity contribution in [3.63, 3.8) is 0 Å². The molecule has 4 nitrogen and oxygen atoms in total. The lowest BCUT2D eigenvalue weighted by Gasteiger charge is -2.17. The molecule has 0 atom stereocenters. The van der Waals surface area contributed by atoms with Crippen molar-refractivity contribution in [1.29, 1.82) is 0 Å². The molecular weight excluding hydrogens is 398 g/mol. The van der Waals surface area contributed by atoms with Gasteiger partial charge in [0, 0.05) is 28.8 Å². The summed E-state index contributed by atoms with van der Waals surface area (Å²) < 4.78 is 10.9. The zero-order chi connectivity index (χ0) is 20.9. The van der Waals surface area contributed by atoms with Gasteiger partial charge in [-0.15, -0.1) is 0 Å². The highest BCUT2D eigenvalue weighted by atomic mass is 35.5. The van der Waals surface area contributed by atoms with Crippen LogP contribution in [0.2, 0.25) is 5.02 Å². The fourth-order valence-corrected chi connectivity index (χ4v) is 4.49. The van der Waals surface area contributed by atoms with Gasteiger partial charge in [-0.25, -0.2) is 0 Å². The number of hydrogen-bond acceptors (Lipinski definition) is 4. The molecule has 152 valence electrons. The smallest absolute Gasteiger partial charge is 0.231 e. The van der Waals surface area contributed by atoms with Gasteiger partial charge >= 0.3 is 0 Å². The second-order valence-electron chi connectivity index (χ2n) is 8.10. The largest absolute Gasteiger partial charge is 0.454 e. The molecule has 0 unspecified atom stereocenters. The minimum Gasteiger partial charge on any atom is -0.454 e. The van der Waals surface area contributed by atoms with Crippen molar-refractivity contribution in [2.45, 2.75) is 38.5 Å². The van der Waals surface area contributed by atoms with E-state index in [2.05, 4.69) is 11.9 Å². The summed E-state index contributed by atoms with van der Waals surface area (Å²) in [5, 5.41) is 0.699. The number of Topliss-reactive ketones (excluding diaryl/α,β-unsaturated/α-hetero) is 1. The van der Waals surface area contributed by atoms with Gasteiger partial charge in [0.15, 0.2) is 11.5 Å². The van der Waals surface area contributed by atoms with Gasteiger partial charge in [-0.1, -0.05) is 35.9 Å². The lowest BCUT2D eigenvalue weighted by molar-refractivity contribution is -0.120. The predicted octanol–water partition coefficient (Wildman–Crippen LogP) is 5.59. The Hall–Kier alpha value is -2.85. The third kappa shape index (κ3) is 3.07. The van der Waals surface area contributed by atoms with E-state index in [1.54, 1.807) is 0 Å². The van der Waals surface area contributed by atoms with Crippen LogP contribution in [0.5, 0.6) is 11.5 Å². The van der Waals surface area contributed by atoms with Crippen LogP contribution in [0.4, 0.5) is 0 Å². The van der Waals surface area contributed by atoms with Gasteiger partial charge < -0.3 is 9.47 Å². The summed E-state index contributed by atoms with van der Waals surface area (Å²) in [7, 11) is 0. The quantitative estimate of drug-likeness (QED) is 0.540. The summed E-state index contributed by atoms with van der Waals surface area (Å²) in [6.07, 6.45) is 3.89. The Morgan fingerprint density at radius 2 is 1.80 bits per heavy atom. The molecule has 0 amide bonds. The average Bonchev–Trinajstić information content (AvgIpc) is 3.43. The monoisotopic (exact) mass is 419 g/mol. The molecular formula is C25H22ClNO3. The molecule has 3 aromatic rings. The summed E-state index contributed by atoms with van der Waals surface area (Å²) in [6, 6.07) is 13.6. The van der Waals surface area contributed by atoms with Gasteiger partial charge in [0.25, 0.3) is 0 Å². The number of carbonyl (C=O) groups excluding carboxylic acids is 1. The highest BCUT2D eigenvalue weighted by molar-refractivity contribution is 6.33. The molecule has 2 heterocycles. The van der Waals surface area contributed by atoms with Crippen molar-refractivity contribution in [2.24, 2.45) is 0 Å². The third-order valence-electron chi connectivity index (χ3n) is 6.45. The first kappa shape index (κ1) is 19.1. The second-order valence-corrected chi connectivity index (χ2v) is 8.51. The summed E-state index contributed by atoms with van der Waals surface area (Å²) in [5.74, 6) is 1.67. The Morgan fingerprint density at radius 1 is 1.03 bits per heavy atom. The lowest BCUT2D eigenvalue weighted by Crippen LogP contribution is -2.23. The van der Waals surface area contributed by atoms with E-state index in [0.29, 0.717) is 11.4 Å². The number of ketones is 1. The maximum Gasteiger partial charge on any atom is 0.231 e. The standard InChI is InChI=1S/C25H22ClNO3/c1-15-16(2)21(27-13-19(15)18-5-3-4-6-20(18)26)12-24(28)25(9-10-25)17-7-8-22-23(11-17)30-14-29-22/h3-8,11,13H,9-10,12,14H2,1-2H3. The molecule has 0 N–H and O–H groups in total. The Kier molecular flexibility index (Phi) is 4.55. The molecule has 1 aromatic heterocycles. The Bertz CT molecular complexity index is 1170. The van der Waals surface area contributed by atoms with Gasteiger partial charge in [0.05, 0.1) is 11.1 Å². The SMILES string of the molecule is Cc1c(-c2ccccc2Cl)cnc(CC(=O)C2(c3ccc4c(c3)OCO4)CC2)c1C. The van der Waals surface area contributed by atoms with Crippen LogP contribution in [0.3, 0.4) is 0 Å². The number of ether oxygens (including phenoxy) is 2. The number of carbonyl (C=O) groups is 1. The molecule has 1 aliphatic heterocycles. The molecule has 1 saturated carbocycles. The zero-order valence-electron chi connectivity index (χ0n) is 17.0. The van der Waals surface area contributed by atoms with Crippen molar-refractivity contribution in [3.05, 3.63) is 76.1 Å². The maximum absolute atomic E-state index is 13.3. The molecule has 5 heteroatoms. The molecule has 0 bridgehead atoms. The average molecular weight is 420 g/mol. The Morgan fingerprint density at radius 3 is 2.57 bits per heavy atom. The van der Waals surface area contributed by atoms with Gasteiger partial charge in [0.2, 0.25) is 6.79 Å². The van der Waals surface area contributed by atoms with E-state index >= 15 is 0 Å². The normalized spacial score (nSPS) is 15.8. The van der Waals surface area contributed by atoms with Gasteiger partial charge in [-0.2, -0.15) is 0 Å². The topological polar surface area (TPSA) is 48.4 Å². The predicted molar refractivity (Wildman–Crippen MR) is 116 cm³/mol. The lowest BCUT2D eigenvalue weighted by atomic mass is 9.87. The number of rotatable bonds is 5.